The molecule has 3 atom stereocenters. The summed E-state index contributed by atoms with van der Waals surface area (Å²) in [6, 6.07) is 15.2. The molecule has 0 saturated heterocycles. The van der Waals surface area contributed by atoms with Crippen LogP contribution in [0.2, 0.25) is 0 Å². The van der Waals surface area contributed by atoms with Gasteiger partial charge in [0.1, 0.15) is 19.1 Å². The molecule has 1 heterocycles. The summed E-state index contributed by atoms with van der Waals surface area (Å²) in [5.41, 5.74) is 3.68. The van der Waals surface area contributed by atoms with E-state index in [1.54, 1.807) is 31.0 Å². The number of hydrogen-bond donors (Lipinski definition) is 1. The number of methoxy groups -OCH3 is 2. The maximum atomic E-state index is 14.0. The maximum Gasteiger partial charge on any atom is 0.336 e. The number of ketones is 1. The van der Waals surface area contributed by atoms with Crippen molar-refractivity contribution in [3.63, 3.8) is 0 Å². The van der Waals surface area contributed by atoms with Crippen molar-refractivity contribution in [2.24, 2.45) is 11.8 Å². The smallest absolute Gasteiger partial charge is 0.336 e. The first-order valence-corrected chi connectivity index (χ1v) is 14.9. The zero-order valence-electron chi connectivity index (χ0n) is 24.2. The molecule has 218 valence electrons. The van der Waals surface area contributed by atoms with E-state index in [0.717, 1.165) is 11.3 Å². The van der Waals surface area contributed by atoms with Gasteiger partial charge in [0.05, 0.1) is 19.8 Å². The molecule has 0 aromatic heterocycles. The molecule has 1 N–H and O–H groups in total. The number of carbonyl (C=O) groups excluding carboxylic acids is 3. The molecular weight excluding hydrogens is 542 g/mol. The van der Waals surface area contributed by atoms with Gasteiger partial charge in [-0.3, -0.25) is 9.59 Å². The number of benzene rings is 2. The van der Waals surface area contributed by atoms with E-state index < -0.39 is 23.8 Å². The Hall–Kier alpha value is -3.72. The van der Waals surface area contributed by atoms with Crippen LogP contribution in [0.5, 0.6) is 11.5 Å². The van der Waals surface area contributed by atoms with Crippen molar-refractivity contribution < 1.29 is 33.3 Å². The predicted octanol–water partition coefficient (Wildman–Crippen LogP) is 5.18. The van der Waals surface area contributed by atoms with Gasteiger partial charge in [-0.1, -0.05) is 50.2 Å². The van der Waals surface area contributed by atoms with E-state index in [1.165, 1.54) is 7.11 Å². The molecular formula is C32H37NO7S. The van der Waals surface area contributed by atoms with Crippen LogP contribution in [0.3, 0.4) is 0 Å². The van der Waals surface area contributed by atoms with Crippen LogP contribution >= 0.6 is 11.8 Å². The summed E-state index contributed by atoms with van der Waals surface area (Å²) in [6.45, 7) is 6.31. The molecule has 0 radical (unpaired) electrons. The van der Waals surface area contributed by atoms with Gasteiger partial charge < -0.3 is 24.3 Å². The highest BCUT2D eigenvalue weighted by Gasteiger charge is 2.47. The predicted molar refractivity (Wildman–Crippen MR) is 158 cm³/mol. The Bertz CT molecular complexity index is 1350. The molecule has 41 heavy (non-hydrogen) atoms. The number of esters is 2. The van der Waals surface area contributed by atoms with Gasteiger partial charge >= 0.3 is 11.9 Å². The van der Waals surface area contributed by atoms with Gasteiger partial charge in [-0.25, -0.2) is 4.79 Å². The number of dihydropyridines is 1. The lowest BCUT2D eigenvalue weighted by atomic mass is 9.69. The highest BCUT2D eigenvalue weighted by molar-refractivity contribution is 7.99. The molecule has 1 aliphatic carbocycles. The molecule has 0 saturated carbocycles. The SMILES string of the molecule is CCSCCOC(=O)C1=C(C)NC2=C(C(=O)[C@H](C(=O)OC)[C@H](C)C2)[C@H]1c1ccc(OCc2ccccc2)c(OC)c1. The van der Waals surface area contributed by atoms with Gasteiger partial charge in [0.2, 0.25) is 0 Å². The van der Waals surface area contributed by atoms with E-state index in [0.29, 0.717) is 58.4 Å². The summed E-state index contributed by atoms with van der Waals surface area (Å²) < 4.78 is 22.4. The Morgan fingerprint density at radius 3 is 2.51 bits per heavy atom. The molecule has 1 aliphatic heterocycles. The molecule has 0 fully saturated rings. The molecule has 0 spiro atoms. The van der Waals surface area contributed by atoms with Crippen LogP contribution < -0.4 is 14.8 Å². The fourth-order valence-electron chi connectivity index (χ4n) is 5.42. The fraction of sp³-hybridized carbons (Fsp3) is 0.406. The Labute approximate surface area is 245 Å². The van der Waals surface area contributed by atoms with Crippen molar-refractivity contribution >= 4 is 29.5 Å². The normalized spacial score (nSPS) is 20.2. The van der Waals surface area contributed by atoms with E-state index in [4.69, 9.17) is 18.9 Å². The number of hydrogen-bond acceptors (Lipinski definition) is 9. The lowest BCUT2D eigenvalue weighted by molar-refractivity contribution is -0.151. The lowest BCUT2D eigenvalue weighted by Crippen LogP contribution is -2.43. The summed E-state index contributed by atoms with van der Waals surface area (Å²) in [4.78, 5) is 40.2. The van der Waals surface area contributed by atoms with Gasteiger partial charge in [-0.05, 0) is 48.3 Å². The van der Waals surface area contributed by atoms with E-state index in [9.17, 15) is 14.4 Å². The number of nitrogens with one attached hydrogen (secondary N) is 1. The summed E-state index contributed by atoms with van der Waals surface area (Å²) in [6.07, 6.45) is 0.458. The van der Waals surface area contributed by atoms with Crippen molar-refractivity contribution in [2.45, 2.75) is 39.7 Å². The highest BCUT2D eigenvalue weighted by atomic mass is 32.2. The van der Waals surface area contributed by atoms with Gasteiger partial charge in [0, 0.05) is 28.6 Å². The Kier molecular flexibility index (Phi) is 10.2. The van der Waals surface area contributed by atoms with Crippen molar-refractivity contribution in [1.29, 1.82) is 0 Å². The minimum Gasteiger partial charge on any atom is -0.493 e. The van der Waals surface area contributed by atoms with E-state index in [1.807, 2.05) is 57.2 Å². The Balaban J connectivity index is 1.75. The average Bonchev–Trinajstić information content (AvgIpc) is 2.97. The molecule has 0 bridgehead atoms. The quantitative estimate of drug-likeness (QED) is 0.219. The van der Waals surface area contributed by atoms with Crippen molar-refractivity contribution in [1.82, 2.24) is 5.32 Å². The first kappa shape index (κ1) is 30.2. The standard InChI is InChI=1S/C32H37NO7S/c1-6-41-15-14-39-32(36)27-20(3)33-23-16-19(2)26(31(35)38-5)30(34)29(23)28(27)22-12-13-24(25(17-22)37-4)40-18-21-10-8-7-9-11-21/h7-13,17,19,26,28,33H,6,14-16,18H2,1-5H3/t19-,26-,28+/m1/s1. The number of allylic oxidation sites excluding steroid dienone is 3. The van der Waals surface area contributed by atoms with Gasteiger partial charge in [0.25, 0.3) is 0 Å². The summed E-state index contributed by atoms with van der Waals surface area (Å²) in [7, 11) is 2.83. The summed E-state index contributed by atoms with van der Waals surface area (Å²) >= 11 is 1.67. The van der Waals surface area contributed by atoms with Crippen molar-refractivity contribution in [2.75, 3.05) is 32.3 Å². The third-order valence-corrected chi connectivity index (χ3v) is 8.25. The van der Waals surface area contributed by atoms with Crippen molar-refractivity contribution in [3.8, 4) is 11.5 Å². The number of rotatable bonds is 11. The van der Waals surface area contributed by atoms with Crippen LogP contribution in [0.15, 0.2) is 71.1 Å². The van der Waals surface area contributed by atoms with Crippen LogP contribution in [0, 0.1) is 11.8 Å². The molecule has 0 unspecified atom stereocenters. The largest absolute Gasteiger partial charge is 0.493 e. The minimum atomic E-state index is -0.963. The van der Waals surface area contributed by atoms with Crippen LogP contribution in [-0.2, 0) is 30.5 Å². The fourth-order valence-corrected chi connectivity index (χ4v) is 5.91. The third kappa shape index (κ3) is 6.62. The second-order valence-electron chi connectivity index (χ2n) is 10.1. The van der Waals surface area contributed by atoms with Crippen molar-refractivity contribution in [3.05, 3.63) is 82.2 Å². The molecule has 2 aromatic carbocycles. The van der Waals surface area contributed by atoms with Crippen LogP contribution in [0.1, 0.15) is 44.2 Å². The lowest BCUT2D eigenvalue weighted by Gasteiger charge is -2.38. The van der Waals surface area contributed by atoms with Crippen LogP contribution in [-0.4, -0.2) is 50.1 Å². The molecule has 9 heteroatoms. The average molecular weight is 580 g/mol. The van der Waals surface area contributed by atoms with E-state index in [2.05, 4.69) is 5.32 Å². The number of carbonyl (C=O) groups is 3. The molecule has 0 amide bonds. The topological polar surface area (TPSA) is 100 Å². The molecule has 2 aromatic rings. The molecule has 8 nitrogen and oxygen atoms in total. The zero-order valence-corrected chi connectivity index (χ0v) is 25.0. The van der Waals surface area contributed by atoms with E-state index >= 15 is 0 Å². The molecule has 2 aliphatic rings. The van der Waals surface area contributed by atoms with Crippen LogP contribution in [0.4, 0.5) is 0 Å². The monoisotopic (exact) mass is 579 g/mol. The maximum absolute atomic E-state index is 14.0. The van der Waals surface area contributed by atoms with Gasteiger partial charge in [-0.2, -0.15) is 11.8 Å². The third-order valence-electron chi connectivity index (χ3n) is 7.39. The minimum absolute atomic E-state index is 0.248. The molecule has 4 rings (SSSR count). The zero-order chi connectivity index (χ0) is 29.5. The summed E-state index contributed by atoms with van der Waals surface area (Å²) in [5.74, 6) is -0.858. The van der Waals surface area contributed by atoms with E-state index in [-0.39, 0.29) is 18.3 Å². The Morgan fingerprint density at radius 2 is 1.83 bits per heavy atom. The summed E-state index contributed by atoms with van der Waals surface area (Å²) in [5, 5.41) is 3.29. The first-order valence-electron chi connectivity index (χ1n) is 13.7. The number of thioether (sulfide) groups is 1. The first-order chi connectivity index (χ1) is 19.8. The van der Waals surface area contributed by atoms with Gasteiger partial charge in [-0.15, -0.1) is 0 Å². The second-order valence-corrected chi connectivity index (χ2v) is 11.4. The number of ether oxygens (including phenoxy) is 4. The van der Waals surface area contributed by atoms with Gasteiger partial charge in [0.15, 0.2) is 17.3 Å². The highest BCUT2D eigenvalue weighted by Crippen LogP contribution is 2.47. The Morgan fingerprint density at radius 1 is 1.07 bits per heavy atom. The number of Topliss-reactive ketones (excluding diaryl/α,β-unsaturated/α-hetero) is 1. The second kappa shape index (κ2) is 13.8. The van der Waals surface area contributed by atoms with Crippen LogP contribution in [0.25, 0.3) is 0 Å².